The average molecular weight is 464 g/mol. The van der Waals surface area contributed by atoms with Gasteiger partial charge in [-0.3, -0.25) is 9.59 Å². The molecule has 2 rings (SSSR count). The summed E-state index contributed by atoms with van der Waals surface area (Å²) in [6.07, 6.45) is -5.34. The largest absolute Gasteiger partial charge is 0.497 e. The van der Waals surface area contributed by atoms with Gasteiger partial charge in [0.15, 0.2) is 5.25 Å². The minimum atomic E-state index is -5.34. The molecule has 0 aliphatic carbocycles. The van der Waals surface area contributed by atoms with Crippen molar-refractivity contribution in [1.29, 1.82) is 10.5 Å². The molecule has 0 bridgehead atoms. The van der Waals surface area contributed by atoms with E-state index in [0.29, 0.717) is 11.3 Å². The van der Waals surface area contributed by atoms with Crippen molar-refractivity contribution in [3.05, 3.63) is 35.4 Å². The lowest BCUT2D eigenvalue weighted by molar-refractivity contribution is -0.173. The number of halogens is 3. The molecule has 2 N–H and O–H groups in total. The van der Waals surface area contributed by atoms with Crippen molar-refractivity contribution in [2.45, 2.75) is 23.4 Å². The number of rotatable bonds is 7. The van der Waals surface area contributed by atoms with Gasteiger partial charge in [-0.25, -0.2) is 4.98 Å². The van der Waals surface area contributed by atoms with Crippen molar-refractivity contribution in [1.82, 2.24) is 4.98 Å². The quantitative estimate of drug-likeness (QED) is 0.371. The normalized spacial score (nSPS) is 11.7. The number of alkyl halides is 3. The molecule has 1 aromatic carbocycles. The van der Waals surface area contributed by atoms with E-state index in [0.717, 1.165) is 0 Å². The lowest BCUT2D eigenvalue weighted by Crippen LogP contribution is -2.38. The highest BCUT2D eigenvalue weighted by Gasteiger charge is 2.48. The highest BCUT2D eigenvalue weighted by molar-refractivity contribution is 8.01. The van der Waals surface area contributed by atoms with E-state index in [-0.39, 0.29) is 40.9 Å². The van der Waals surface area contributed by atoms with E-state index >= 15 is 0 Å². The molecule has 166 valence electrons. The molecule has 1 heterocycles. The topological polar surface area (TPSA) is 139 Å². The number of anilines is 1. The van der Waals surface area contributed by atoms with Crippen molar-refractivity contribution in [2.75, 3.05) is 19.5 Å². The SMILES string of the molecule is CCOC(=O)C(Sc1nc(N)c(C#N)c(-c2ccc(OC)cc2)c1C#N)C(=O)C(F)(F)F. The summed E-state index contributed by atoms with van der Waals surface area (Å²) < 4.78 is 48.8. The van der Waals surface area contributed by atoms with E-state index in [4.69, 9.17) is 10.5 Å². The Kier molecular flexibility index (Phi) is 7.67. The number of pyridine rings is 1. The number of nitriles is 2. The van der Waals surface area contributed by atoms with Crippen LogP contribution in [0.4, 0.5) is 19.0 Å². The Morgan fingerprint density at radius 2 is 1.78 bits per heavy atom. The van der Waals surface area contributed by atoms with Crippen LogP contribution >= 0.6 is 11.8 Å². The zero-order valence-electron chi connectivity index (χ0n) is 16.7. The van der Waals surface area contributed by atoms with Crippen LogP contribution < -0.4 is 10.5 Å². The molecule has 0 aliphatic heterocycles. The van der Waals surface area contributed by atoms with E-state index < -0.39 is 28.2 Å². The van der Waals surface area contributed by atoms with Crippen molar-refractivity contribution in [2.24, 2.45) is 0 Å². The third-order valence-corrected chi connectivity index (χ3v) is 5.20. The first-order valence-electron chi connectivity index (χ1n) is 8.81. The molecule has 0 spiro atoms. The number of carbonyl (C=O) groups is 2. The van der Waals surface area contributed by atoms with Crippen LogP contribution in [0.3, 0.4) is 0 Å². The van der Waals surface area contributed by atoms with E-state index in [1.165, 1.54) is 38.3 Å². The Morgan fingerprint density at radius 3 is 2.25 bits per heavy atom. The molecule has 1 unspecified atom stereocenters. The first kappa shape index (κ1) is 24.5. The van der Waals surface area contributed by atoms with Gasteiger partial charge in [0.25, 0.3) is 5.78 Å². The van der Waals surface area contributed by atoms with Gasteiger partial charge in [-0.05, 0) is 24.6 Å². The predicted octanol–water partition coefficient (Wildman–Crippen LogP) is 3.24. The number of Topliss-reactive ketones (excluding diaryl/α,β-unsaturated/α-hetero) is 1. The number of benzene rings is 1. The molecule has 0 amide bonds. The molecule has 1 aromatic heterocycles. The number of aromatic nitrogens is 1. The van der Waals surface area contributed by atoms with Gasteiger partial charge in [-0.15, -0.1) is 0 Å². The van der Waals surface area contributed by atoms with Gasteiger partial charge in [-0.2, -0.15) is 23.7 Å². The number of ether oxygens (including phenoxy) is 2. The third-order valence-electron chi connectivity index (χ3n) is 4.04. The van der Waals surface area contributed by atoms with Gasteiger partial charge in [-0.1, -0.05) is 23.9 Å². The van der Waals surface area contributed by atoms with Crippen LogP contribution in [0.15, 0.2) is 29.3 Å². The number of carbonyl (C=O) groups excluding carboxylic acids is 2. The number of nitrogen functional groups attached to an aromatic ring is 1. The number of ketones is 1. The number of hydrogen-bond acceptors (Lipinski definition) is 9. The molecular formula is C20H15F3N4O4S. The van der Waals surface area contributed by atoms with Crippen molar-refractivity contribution >= 4 is 29.3 Å². The number of nitrogens with two attached hydrogens (primary N) is 1. The summed E-state index contributed by atoms with van der Waals surface area (Å²) in [6, 6.07) is 9.69. The summed E-state index contributed by atoms with van der Waals surface area (Å²) in [6.45, 7) is 1.09. The Balaban J connectivity index is 2.71. The van der Waals surface area contributed by atoms with E-state index in [2.05, 4.69) is 9.72 Å². The van der Waals surface area contributed by atoms with E-state index in [1.807, 2.05) is 6.07 Å². The summed E-state index contributed by atoms with van der Waals surface area (Å²) in [5.74, 6) is -3.73. The molecule has 2 aromatic rings. The number of esters is 1. The molecule has 0 radical (unpaired) electrons. The van der Waals surface area contributed by atoms with Gasteiger partial charge in [0.05, 0.1) is 19.3 Å². The number of methoxy groups -OCH3 is 1. The smallest absolute Gasteiger partial charge is 0.451 e. The van der Waals surface area contributed by atoms with Crippen LogP contribution in [0.2, 0.25) is 0 Å². The molecule has 0 fully saturated rings. The molecule has 0 aliphatic rings. The average Bonchev–Trinajstić information content (AvgIpc) is 2.76. The zero-order valence-corrected chi connectivity index (χ0v) is 17.5. The molecule has 12 heteroatoms. The van der Waals surface area contributed by atoms with Crippen LogP contribution in [0, 0.1) is 22.7 Å². The second-order valence-corrected chi connectivity index (χ2v) is 7.09. The van der Waals surface area contributed by atoms with Gasteiger partial charge < -0.3 is 15.2 Å². The highest BCUT2D eigenvalue weighted by atomic mass is 32.2. The first-order chi connectivity index (χ1) is 15.1. The van der Waals surface area contributed by atoms with Crippen molar-refractivity contribution in [3.63, 3.8) is 0 Å². The summed E-state index contributed by atoms with van der Waals surface area (Å²) in [5, 5.41) is 16.4. The molecule has 8 nitrogen and oxygen atoms in total. The van der Waals surface area contributed by atoms with Gasteiger partial charge in [0.2, 0.25) is 0 Å². The van der Waals surface area contributed by atoms with Gasteiger partial charge in [0, 0.05) is 5.56 Å². The molecule has 1 atom stereocenters. The Bertz CT molecular complexity index is 1120. The maximum absolute atomic E-state index is 13.1. The van der Waals surface area contributed by atoms with Crippen LogP contribution in [0.25, 0.3) is 11.1 Å². The summed E-state index contributed by atoms with van der Waals surface area (Å²) in [5.41, 5.74) is 5.62. The second kappa shape index (κ2) is 10.0. The molecule has 0 saturated heterocycles. The lowest BCUT2D eigenvalue weighted by Gasteiger charge is -2.18. The van der Waals surface area contributed by atoms with Crippen LogP contribution in [-0.2, 0) is 14.3 Å². The van der Waals surface area contributed by atoms with Gasteiger partial charge in [0.1, 0.15) is 34.3 Å². The van der Waals surface area contributed by atoms with E-state index in [9.17, 15) is 33.3 Å². The minimum absolute atomic E-state index is 0.00489. The Labute approximate surface area is 184 Å². The second-order valence-electron chi connectivity index (χ2n) is 5.99. The van der Waals surface area contributed by atoms with Crippen LogP contribution in [0.1, 0.15) is 18.1 Å². The van der Waals surface area contributed by atoms with E-state index in [1.54, 1.807) is 6.07 Å². The fourth-order valence-corrected chi connectivity index (χ4v) is 3.66. The highest BCUT2D eigenvalue weighted by Crippen LogP contribution is 2.39. The predicted molar refractivity (Wildman–Crippen MR) is 107 cm³/mol. The fraction of sp³-hybridized carbons (Fsp3) is 0.250. The Morgan fingerprint density at radius 1 is 1.19 bits per heavy atom. The summed E-state index contributed by atoms with van der Waals surface area (Å²) in [7, 11) is 1.43. The maximum Gasteiger partial charge on any atom is 0.451 e. The molecule has 0 saturated carbocycles. The lowest BCUT2D eigenvalue weighted by atomic mass is 9.97. The molecular weight excluding hydrogens is 449 g/mol. The summed E-state index contributed by atoms with van der Waals surface area (Å²) >= 11 is 0.0810. The zero-order chi connectivity index (χ0) is 24.1. The first-order valence-corrected chi connectivity index (χ1v) is 9.69. The number of nitrogens with zero attached hydrogens (tertiary/aromatic N) is 3. The minimum Gasteiger partial charge on any atom is -0.497 e. The van der Waals surface area contributed by atoms with Crippen LogP contribution in [0.5, 0.6) is 5.75 Å². The molecule has 32 heavy (non-hydrogen) atoms. The number of hydrogen-bond donors (Lipinski definition) is 1. The standard InChI is InChI=1S/C20H15F3N4O4S/c1-3-31-19(29)15(16(28)20(21,22)23)32-18-13(9-25)14(12(8-24)17(26)27-18)10-4-6-11(30-2)7-5-10/h4-7,15H,3H2,1-2H3,(H2,26,27). The van der Waals surface area contributed by atoms with Crippen LogP contribution in [-0.4, -0.2) is 41.9 Å². The van der Waals surface area contributed by atoms with Crippen molar-refractivity contribution < 1.29 is 32.2 Å². The maximum atomic E-state index is 13.1. The van der Waals surface area contributed by atoms with Crippen molar-refractivity contribution in [3.8, 4) is 29.0 Å². The number of thioether (sulfide) groups is 1. The fourth-order valence-electron chi connectivity index (χ4n) is 2.62. The summed E-state index contributed by atoms with van der Waals surface area (Å²) in [4.78, 5) is 27.8. The van der Waals surface area contributed by atoms with Gasteiger partial charge >= 0.3 is 12.1 Å². The third kappa shape index (κ3) is 5.10. The Hall–Kier alpha value is -3.77. The monoisotopic (exact) mass is 464 g/mol.